The number of anilines is 1. The van der Waals surface area contributed by atoms with Gasteiger partial charge in [-0.2, -0.15) is 13.2 Å². The standard InChI is InChI=1S/C11H13ClF3NO/c1-2-10(17)6-16-9-4-7(11(13,14)15)3-8(12)5-9/h3-5,10,16-17H,2,6H2,1H3. The predicted octanol–water partition coefficient (Wildman–Crippen LogP) is 3.54. The average Bonchev–Trinajstić information content (AvgIpc) is 2.24. The van der Waals surface area contributed by atoms with Gasteiger partial charge in [-0.25, -0.2) is 0 Å². The molecule has 96 valence electrons. The fraction of sp³-hybridized carbons (Fsp3) is 0.455. The fourth-order valence-electron chi connectivity index (χ4n) is 1.24. The van der Waals surface area contributed by atoms with Crippen molar-refractivity contribution in [2.24, 2.45) is 0 Å². The van der Waals surface area contributed by atoms with Crippen molar-refractivity contribution in [3.8, 4) is 0 Å². The Morgan fingerprint density at radius 2 is 2.00 bits per heavy atom. The summed E-state index contributed by atoms with van der Waals surface area (Å²) in [6, 6.07) is 3.22. The summed E-state index contributed by atoms with van der Waals surface area (Å²) in [5.41, 5.74) is -0.559. The molecule has 1 aromatic carbocycles. The van der Waals surface area contributed by atoms with Gasteiger partial charge >= 0.3 is 6.18 Å². The molecular weight excluding hydrogens is 255 g/mol. The van der Waals surface area contributed by atoms with Gasteiger partial charge in [0.05, 0.1) is 11.7 Å². The summed E-state index contributed by atoms with van der Waals surface area (Å²) in [5.74, 6) is 0. The van der Waals surface area contributed by atoms with Gasteiger partial charge in [0.1, 0.15) is 0 Å². The minimum Gasteiger partial charge on any atom is -0.391 e. The maximum Gasteiger partial charge on any atom is 0.416 e. The Bertz CT molecular complexity index is 381. The summed E-state index contributed by atoms with van der Waals surface area (Å²) in [5, 5.41) is 12.0. The van der Waals surface area contributed by atoms with E-state index in [1.807, 2.05) is 0 Å². The molecule has 0 amide bonds. The third kappa shape index (κ3) is 4.44. The van der Waals surface area contributed by atoms with Crippen molar-refractivity contribution in [2.45, 2.75) is 25.6 Å². The number of hydrogen-bond acceptors (Lipinski definition) is 2. The Morgan fingerprint density at radius 3 is 2.53 bits per heavy atom. The van der Waals surface area contributed by atoms with E-state index in [1.165, 1.54) is 6.07 Å². The highest BCUT2D eigenvalue weighted by atomic mass is 35.5. The second kappa shape index (κ2) is 5.60. The van der Waals surface area contributed by atoms with E-state index in [1.54, 1.807) is 6.92 Å². The lowest BCUT2D eigenvalue weighted by Crippen LogP contribution is -2.18. The second-order valence-electron chi connectivity index (χ2n) is 3.67. The van der Waals surface area contributed by atoms with Crippen molar-refractivity contribution in [3.05, 3.63) is 28.8 Å². The average molecular weight is 268 g/mol. The molecule has 17 heavy (non-hydrogen) atoms. The quantitative estimate of drug-likeness (QED) is 0.874. The van der Waals surface area contributed by atoms with Crippen molar-refractivity contribution < 1.29 is 18.3 Å². The number of aliphatic hydroxyl groups excluding tert-OH is 1. The third-order valence-electron chi connectivity index (χ3n) is 2.24. The minimum absolute atomic E-state index is 0.00770. The van der Waals surface area contributed by atoms with Gasteiger partial charge in [-0.1, -0.05) is 18.5 Å². The third-order valence-corrected chi connectivity index (χ3v) is 2.46. The zero-order valence-electron chi connectivity index (χ0n) is 9.18. The van der Waals surface area contributed by atoms with E-state index in [9.17, 15) is 18.3 Å². The molecule has 1 rings (SSSR count). The molecule has 1 atom stereocenters. The molecule has 0 aliphatic carbocycles. The molecule has 0 spiro atoms. The summed E-state index contributed by atoms with van der Waals surface area (Å²) in [6.45, 7) is 1.97. The number of alkyl halides is 3. The monoisotopic (exact) mass is 267 g/mol. The van der Waals surface area contributed by atoms with Crippen LogP contribution in [0.5, 0.6) is 0 Å². The summed E-state index contributed by atoms with van der Waals surface area (Å²) in [7, 11) is 0. The van der Waals surface area contributed by atoms with Gasteiger partial charge in [0.25, 0.3) is 0 Å². The molecule has 0 fully saturated rings. The maximum atomic E-state index is 12.5. The van der Waals surface area contributed by atoms with E-state index >= 15 is 0 Å². The molecule has 2 nitrogen and oxygen atoms in total. The molecule has 1 unspecified atom stereocenters. The lowest BCUT2D eigenvalue weighted by molar-refractivity contribution is -0.137. The molecule has 0 saturated heterocycles. The van der Waals surface area contributed by atoms with Crippen molar-refractivity contribution in [3.63, 3.8) is 0 Å². The molecule has 0 aliphatic rings. The smallest absolute Gasteiger partial charge is 0.391 e. The largest absolute Gasteiger partial charge is 0.416 e. The van der Waals surface area contributed by atoms with Crippen LogP contribution in [0.1, 0.15) is 18.9 Å². The van der Waals surface area contributed by atoms with Gasteiger partial charge in [0, 0.05) is 17.3 Å². The zero-order valence-corrected chi connectivity index (χ0v) is 9.94. The number of rotatable bonds is 4. The molecule has 1 aromatic rings. The van der Waals surface area contributed by atoms with Crippen molar-refractivity contribution in [1.82, 2.24) is 0 Å². The summed E-state index contributed by atoms with van der Waals surface area (Å²) >= 11 is 5.60. The van der Waals surface area contributed by atoms with Crippen LogP contribution in [0.4, 0.5) is 18.9 Å². The normalized spacial score (nSPS) is 13.5. The minimum atomic E-state index is -4.43. The first-order valence-corrected chi connectivity index (χ1v) is 5.50. The lowest BCUT2D eigenvalue weighted by Gasteiger charge is -2.13. The van der Waals surface area contributed by atoms with E-state index in [-0.39, 0.29) is 17.3 Å². The number of nitrogens with one attached hydrogen (secondary N) is 1. The van der Waals surface area contributed by atoms with Crippen LogP contribution in [0.25, 0.3) is 0 Å². The highest BCUT2D eigenvalue weighted by molar-refractivity contribution is 6.30. The van der Waals surface area contributed by atoms with E-state index in [4.69, 9.17) is 11.6 Å². The van der Waals surface area contributed by atoms with Crippen LogP contribution in [0.3, 0.4) is 0 Å². The predicted molar refractivity (Wildman–Crippen MR) is 61.2 cm³/mol. The highest BCUT2D eigenvalue weighted by Crippen LogP contribution is 2.33. The Labute approximate surface area is 102 Å². The van der Waals surface area contributed by atoms with Crippen molar-refractivity contribution >= 4 is 17.3 Å². The highest BCUT2D eigenvalue weighted by Gasteiger charge is 2.31. The van der Waals surface area contributed by atoms with Crippen LogP contribution in [0, 0.1) is 0 Å². The van der Waals surface area contributed by atoms with Crippen LogP contribution in [0.15, 0.2) is 18.2 Å². The summed E-state index contributed by atoms with van der Waals surface area (Å²) < 4.78 is 37.4. The first-order valence-electron chi connectivity index (χ1n) is 5.12. The molecule has 0 heterocycles. The number of benzene rings is 1. The molecule has 6 heteroatoms. The van der Waals surface area contributed by atoms with Gasteiger partial charge in [-0.3, -0.25) is 0 Å². The molecule has 2 N–H and O–H groups in total. The first-order chi connectivity index (χ1) is 7.82. The van der Waals surface area contributed by atoms with Gasteiger partial charge < -0.3 is 10.4 Å². The lowest BCUT2D eigenvalue weighted by atomic mass is 10.2. The first kappa shape index (κ1) is 14.1. The zero-order chi connectivity index (χ0) is 13.1. The van der Waals surface area contributed by atoms with Crippen LogP contribution < -0.4 is 5.32 Å². The van der Waals surface area contributed by atoms with Gasteiger partial charge in [0.2, 0.25) is 0 Å². The van der Waals surface area contributed by atoms with Crippen molar-refractivity contribution in [2.75, 3.05) is 11.9 Å². The van der Waals surface area contributed by atoms with E-state index in [2.05, 4.69) is 5.32 Å². The Morgan fingerprint density at radius 1 is 1.35 bits per heavy atom. The number of halogens is 4. The molecule has 0 radical (unpaired) electrons. The van der Waals surface area contributed by atoms with E-state index in [0.717, 1.165) is 12.1 Å². The Hall–Kier alpha value is -0.940. The topological polar surface area (TPSA) is 32.3 Å². The van der Waals surface area contributed by atoms with Crippen LogP contribution >= 0.6 is 11.6 Å². The number of hydrogen-bond donors (Lipinski definition) is 2. The molecule has 0 bridgehead atoms. The summed E-state index contributed by atoms with van der Waals surface area (Å²) in [6.07, 6.45) is -4.49. The summed E-state index contributed by atoms with van der Waals surface area (Å²) in [4.78, 5) is 0. The van der Waals surface area contributed by atoms with Crippen molar-refractivity contribution in [1.29, 1.82) is 0 Å². The second-order valence-corrected chi connectivity index (χ2v) is 4.11. The maximum absolute atomic E-state index is 12.5. The molecule has 0 saturated carbocycles. The molecular formula is C11H13ClF3NO. The van der Waals surface area contributed by atoms with Gasteiger partial charge in [0.15, 0.2) is 0 Å². The van der Waals surface area contributed by atoms with E-state index < -0.39 is 17.8 Å². The van der Waals surface area contributed by atoms with E-state index in [0.29, 0.717) is 6.42 Å². The van der Waals surface area contributed by atoms with Crippen LogP contribution in [0.2, 0.25) is 5.02 Å². The Kier molecular flexibility index (Phi) is 4.65. The molecule has 0 aliphatic heterocycles. The molecule has 0 aromatic heterocycles. The fourth-order valence-corrected chi connectivity index (χ4v) is 1.47. The SMILES string of the molecule is CCC(O)CNc1cc(Cl)cc(C(F)(F)F)c1. The van der Waals surface area contributed by atoms with Crippen LogP contribution in [-0.2, 0) is 6.18 Å². The number of aliphatic hydroxyl groups is 1. The van der Waals surface area contributed by atoms with Crippen LogP contribution in [-0.4, -0.2) is 17.8 Å². The van der Waals surface area contributed by atoms with Gasteiger partial charge in [-0.05, 0) is 24.6 Å². The Balaban J connectivity index is 2.83. The van der Waals surface area contributed by atoms with Gasteiger partial charge in [-0.15, -0.1) is 0 Å².